The van der Waals surface area contributed by atoms with E-state index in [1.54, 1.807) is 17.0 Å². The number of carboxylic acid groups (broad SMARTS) is 1. The summed E-state index contributed by atoms with van der Waals surface area (Å²) in [5, 5.41) is 11.8. The number of benzene rings is 1. The van der Waals surface area contributed by atoms with Gasteiger partial charge in [-0.2, -0.15) is 0 Å². The van der Waals surface area contributed by atoms with Crippen LogP contribution in [0.2, 0.25) is 0 Å². The van der Waals surface area contributed by atoms with Crippen LogP contribution in [-0.2, 0) is 4.74 Å². The fourth-order valence-corrected chi connectivity index (χ4v) is 2.54. The van der Waals surface area contributed by atoms with E-state index in [9.17, 15) is 14.7 Å². The molecule has 114 valence electrons. The number of aromatic carboxylic acids is 1. The molecule has 7 heteroatoms. The van der Waals surface area contributed by atoms with Crippen LogP contribution in [0.5, 0.6) is 0 Å². The zero-order valence-electron chi connectivity index (χ0n) is 11.8. The fraction of sp³-hybridized carbons (Fsp3) is 0.429. The summed E-state index contributed by atoms with van der Waals surface area (Å²) in [6.07, 6.45) is -0.0339. The molecule has 1 aromatic carbocycles. The van der Waals surface area contributed by atoms with E-state index in [0.29, 0.717) is 17.6 Å². The summed E-state index contributed by atoms with van der Waals surface area (Å²) in [7, 11) is 0. The molecule has 0 saturated carbocycles. The number of hydrogen-bond donors (Lipinski definition) is 2. The molecule has 1 fully saturated rings. The number of amides is 2. The smallest absolute Gasteiger partial charge is 0.337 e. The molecule has 21 heavy (non-hydrogen) atoms. The van der Waals surface area contributed by atoms with E-state index in [1.807, 2.05) is 13.8 Å². The van der Waals surface area contributed by atoms with Gasteiger partial charge in [-0.25, -0.2) is 9.59 Å². The maximum atomic E-state index is 12.4. The Bertz CT molecular complexity index is 564. The average Bonchev–Trinajstić information content (AvgIpc) is 2.41. The van der Waals surface area contributed by atoms with Gasteiger partial charge >= 0.3 is 12.0 Å². The molecule has 0 bridgehead atoms. The number of carboxylic acids is 1. The number of morpholine rings is 1. The quantitative estimate of drug-likeness (QED) is 0.853. The molecule has 0 spiro atoms. The number of nitrogens with one attached hydrogen (secondary N) is 1. The lowest BCUT2D eigenvalue weighted by Gasteiger charge is -2.36. The normalized spacial score (nSPS) is 22.0. The summed E-state index contributed by atoms with van der Waals surface area (Å²) in [6, 6.07) is 4.28. The first-order valence-corrected chi connectivity index (χ1v) is 7.40. The minimum atomic E-state index is -1.08. The van der Waals surface area contributed by atoms with E-state index >= 15 is 0 Å². The third-order valence-corrected chi connectivity index (χ3v) is 3.82. The van der Waals surface area contributed by atoms with Crippen LogP contribution in [0.1, 0.15) is 24.2 Å². The van der Waals surface area contributed by atoms with Gasteiger partial charge in [0.05, 0.1) is 30.0 Å². The summed E-state index contributed by atoms with van der Waals surface area (Å²) in [6.45, 7) is 4.74. The Morgan fingerprint density at radius 3 is 2.81 bits per heavy atom. The Morgan fingerprint density at radius 1 is 1.43 bits per heavy atom. The summed E-state index contributed by atoms with van der Waals surface area (Å²) >= 11 is 3.27. The Kier molecular flexibility index (Phi) is 4.84. The van der Waals surface area contributed by atoms with E-state index in [4.69, 9.17) is 4.74 Å². The van der Waals surface area contributed by atoms with Gasteiger partial charge in [0.1, 0.15) is 0 Å². The molecule has 2 N–H and O–H groups in total. The van der Waals surface area contributed by atoms with Gasteiger partial charge in [-0.3, -0.25) is 0 Å². The molecule has 1 saturated heterocycles. The van der Waals surface area contributed by atoms with Gasteiger partial charge in [-0.05, 0) is 32.0 Å². The van der Waals surface area contributed by atoms with Crippen molar-refractivity contribution >= 4 is 33.6 Å². The molecular formula is C14H17BrN2O4. The summed E-state index contributed by atoms with van der Waals surface area (Å²) < 4.78 is 6.18. The van der Waals surface area contributed by atoms with Gasteiger partial charge < -0.3 is 20.1 Å². The molecule has 0 aromatic heterocycles. The lowest BCUT2D eigenvalue weighted by molar-refractivity contribution is -0.0296. The predicted molar refractivity (Wildman–Crippen MR) is 81.7 cm³/mol. The van der Waals surface area contributed by atoms with Crippen molar-refractivity contribution in [3.63, 3.8) is 0 Å². The number of halogens is 1. The second kappa shape index (κ2) is 6.44. The number of nitrogens with zero attached hydrogens (tertiary/aromatic N) is 1. The maximum absolute atomic E-state index is 12.4. The predicted octanol–water partition coefficient (Wildman–Crippen LogP) is 2.79. The van der Waals surface area contributed by atoms with Crippen molar-refractivity contribution in [2.75, 3.05) is 18.5 Å². The zero-order valence-corrected chi connectivity index (χ0v) is 13.4. The first-order valence-electron chi connectivity index (χ1n) is 6.60. The van der Waals surface area contributed by atoms with Gasteiger partial charge in [-0.15, -0.1) is 0 Å². The van der Waals surface area contributed by atoms with Gasteiger partial charge in [0.2, 0.25) is 0 Å². The third kappa shape index (κ3) is 3.74. The van der Waals surface area contributed by atoms with Crippen molar-refractivity contribution in [2.45, 2.75) is 26.0 Å². The van der Waals surface area contributed by atoms with Crippen LogP contribution in [0.4, 0.5) is 10.5 Å². The van der Waals surface area contributed by atoms with Crippen molar-refractivity contribution in [3.8, 4) is 0 Å². The van der Waals surface area contributed by atoms with Crippen LogP contribution in [-0.4, -0.2) is 47.3 Å². The minimum Gasteiger partial charge on any atom is -0.478 e. The average molecular weight is 357 g/mol. The van der Waals surface area contributed by atoms with Crippen molar-refractivity contribution in [2.24, 2.45) is 0 Å². The van der Waals surface area contributed by atoms with Gasteiger partial charge in [0.25, 0.3) is 0 Å². The number of rotatable bonds is 2. The first-order chi connectivity index (χ1) is 9.88. The molecule has 2 atom stereocenters. The fourth-order valence-electron chi connectivity index (χ4n) is 2.18. The highest BCUT2D eigenvalue weighted by molar-refractivity contribution is 9.10. The van der Waals surface area contributed by atoms with Crippen molar-refractivity contribution in [1.82, 2.24) is 4.90 Å². The van der Waals surface area contributed by atoms with Gasteiger partial charge in [0.15, 0.2) is 0 Å². The summed E-state index contributed by atoms with van der Waals surface area (Å²) in [5.41, 5.74) is 0.328. The second-order valence-corrected chi connectivity index (χ2v) is 5.99. The minimum absolute atomic E-state index is 0.0339. The highest BCUT2D eigenvalue weighted by atomic mass is 79.9. The Morgan fingerprint density at radius 2 is 2.14 bits per heavy atom. The van der Waals surface area contributed by atoms with Crippen LogP contribution < -0.4 is 5.32 Å². The van der Waals surface area contributed by atoms with E-state index < -0.39 is 5.97 Å². The molecule has 2 unspecified atom stereocenters. The first kappa shape index (κ1) is 15.8. The topological polar surface area (TPSA) is 78.9 Å². The Balaban J connectivity index is 2.19. The van der Waals surface area contributed by atoms with E-state index in [2.05, 4.69) is 21.2 Å². The molecule has 2 amide bonds. The SMILES string of the molecule is CC1CN(C(=O)Nc2cc(Br)ccc2C(=O)O)C(C)CO1. The van der Waals surface area contributed by atoms with Crippen molar-refractivity contribution in [1.29, 1.82) is 0 Å². The standard InChI is InChI=1S/C14H17BrN2O4/c1-8-7-21-9(2)6-17(8)14(20)16-12-5-10(15)3-4-11(12)13(18)19/h3-5,8-9H,6-7H2,1-2H3,(H,16,20)(H,18,19). The Labute approximate surface area is 131 Å². The van der Waals surface area contributed by atoms with E-state index in [0.717, 1.165) is 0 Å². The lowest BCUT2D eigenvalue weighted by atomic mass is 10.1. The number of urea groups is 1. The van der Waals surface area contributed by atoms with E-state index in [1.165, 1.54) is 6.07 Å². The molecule has 1 heterocycles. The molecule has 2 rings (SSSR count). The molecule has 0 aliphatic carbocycles. The van der Waals surface area contributed by atoms with Crippen LogP contribution in [0, 0.1) is 0 Å². The maximum Gasteiger partial charge on any atom is 0.337 e. The number of carbonyl (C=O) groups is 2. The Hall–Kier alpha value is -1.60. The third-order valence-electron chi connectivity index (χ3n) is 3.32. The number of hydrogen-bond acceptors (Lipinski definition) is 3. The highest BCUT2D eigenvalue weighted by Gasteiger charge is 2.28. The lowest BCUT2D eigenvalue weighted by Crippen LogP contribution is -2.51. The molecule has 1 aromatic rings. The molecule has 1 aliphatic rings. The van der Waals surface area contributed by atoms with Crippen LogP contribution in [0.15, 0.2) is 22.7 Å². The highest BCUT2D eigenvalue weighted by Crippen LogP contribution is 2.23. The molecule has 1 aliphatic heterocycles. The van der Waals surface area contributed by atoms with Crippen LogP contribution >= 0.6 is 15.9 Å². The number of anilines is 1. The molecule has 0 radical (unpaired) electrons. The zero-order chi connectivity index (χ0) is 15.6. The second-order valence-electron chi connectivity index (χ2n) is 5.07. The summed E-state index contributed by atoms with van der Waals surface area (Å²) in [5.74, 6) is -1.08. The monoisotopic (exact) mass is 356 g/mol. The van der Waals surface area contributed by atoms with Crippen molar-refractivity contribution in [3.05, 3.63) is 28.2 Å². The van der Waals surface area contributed by atoms with Crippen LogP contribution in [0.3, 0.4) is 0 Å². The largest absolute Gasteiger partial charge is 0.478 e. The molecular weight excluding hydrogens is 340 g/mol. The number of carbonyl (C=O) groups excluding carboxylic acids is 1. The van der Waals surface area contributed by atoms with Crippen LogP contribution in [0.25, 0.3) is 0 Å². The van der Waals surface area contributed by atoms with E-state index in [-0.39, 0.29) is 29.4 Å². The summed E-state index contributed by atoms with van der Waals surface area (Å²) in [4.78, 5) is 25.2. The van der Waals surface area contributed by atoms with Gasteiger partial charge in [0, 0.05) is 11.0 Å². The van der Waals surface area contributed by atoms with Crippen molar-refractivity contribution < 1.29 is 19.4 Å². The van der Waals surface area contributed by atoms with Gasteiger partial charge in [-0.1, -0.05) is 15.9 Å². The molecule has 6 nitrogen and oxygen atoms in total. The number of ether oxygens (including phenoxy) is 1.